The van der Waals surface area contributed by atoms with Crippen molar-refractivity contribution in [2.75, 3.05) is 0 Å². The maximum absolute atomic E-state index is 5.83. The topological polar surface area (TPSA) is 48.1 Å². The maximum atomic E-state index is 5.83. The Morgan fingerprint density at radius 3 is 2.40 bits per heavy atom. The minimum Gasteiger partial charge on any atom is -0.439 e. The Bertz CT molecular complexity index is 539. The van der Waals surface area contributed by atoms with E-state index in [-0.39, 0.29) is 0 Å². The van der Waals surface area contributed by atoms with Crippen molar-refractivity contribution >= 4 is 0 Å². The fourth-order valence-corrected chi connectivity index (χ4v) is 2.01. The van der Waals surface area contributed by atoms with Crippen molar-refractivity contribution < 1.29 is 4.74 Å². The molecule has 0 saturated heterocycles. The zero-order chi connectivity index (χ0) is 14.5. The summed E-state index contributed by atoms with van der Waals surface area (Å²) in [6.45, 7) is 6.92. The molecule has 0 bridgehead atoms. The Kier molecular flexibility index (Phi) is 4.74. The van der Waals surface area contributed by atoms with Crippen LogP contribution in [0.3, 0.4) is 0 Å². The van der Waals surface area contributed by atoms with Crippen molar-refractivity contribution in [1.82, 2.24) is 4.98 Å². The summed E-state index contributed by atoms with van der Waals surface area (Å²) >= 11 is 0. The van der Waals surface area contributed by atoms with E-state index in [1.165, 1.54) is 5.56 Å². The number of aryl methyl sites for hydroxylation is 1. The van der Waals surface area contributed by atoms with Crippen LogP contribution >= 0.6 is 0 Å². The molecule has 3 heteroatoms. The van der Waals surface area contributed by atoms with E-state index in [0.717, 1.165) is 23.4 Å². The Labute approximate surface area is 120 Å². The van der Waals surface area contributed by atoms with E-state index < -0.39 is 0 Å². The molecule has 0 amide bonds. The molecule has 0 radical (unpaired) electrons. The van der Waals surface area contributed by atoms with Crippen LogP contribution in [0.4, 0.5) is 0 Å². The van der Waals surface area contributed by atoms with Gasteiger partial charge in [0.2, 0.25) is 5.88 Å². The first-order chi connectivity index (χ1) is 9.62. The first kappa shape index (κ1) is 14.5. The minimum absolute atomic E-state index is 0.498. The first-order valence-electron chi connectivity index (χ1n) is 7.10. The van der Waals surface area contributed by atoms with E-state index in [0.29, 0.717) is 18.3 Å². The third-order valence-electron chi connectivity index (χ3n) is 3.28. The van der Waals surface area contributed by atoms with Gasteiger partial charge in [0.25, 0.3) is 0 Å². The summed E-state index contributed by atoms with van der Waals surface area (Å²) in [6, 6.07) is 12.1. The highest BCUT2D eigenvalue weighted by atomic mass is 16.5. The van der Waals surface area contributed by atoms with Gasteiger partial charge in [-0.05, 0) is 41.7 Å². The minimum atomic E-state index is 0.498. The molecule has 1 aromatic heterocycles. The molecule has 0 aliphatic rings. The predicted octanol–water partition coefficient (Wildman–Crippen LogP) is 4.02. The van der Waals surface area contributed by atoms with Crippen molar-refractivity contribution in [2.24, 2.45) is 5.73 Å². The van der Waals surface area contributed by atoms with Gasteiger partial charge in [-0.1, -0.05) is 32.9 Å². The molecule has 0 aliphatic carbocycles. The second kappa shape index (κ2) is 6.53. The van der Waals surface area contributed by atoms with Crippen molar-refractivity contribution in [2.45, 2.75) is 39.7 Å². The number of benzene rings is 1. The number of ether oxygens (including phenoxy) is 1. The summed E-state index contributed by atoms with van der Waals surface area (Å²) < 4.78 is 5.83. The Morgan fingerprint density at radius 1 is 1.15 bits per heavy atom. The third kappa shape index (κ3) is 3.58. The number of hydrogen-bond donors (Lipinski definition) is 1. The summed E-state index contributed by atoms with van der Waals surface area (Å²) in [7, 11) is 0. The molecule has 0 unspecified atom stereocenters. The van der Waals surface area contributed by atoms with E-state index in [9.17, 15) is 0 Å². The van der Waals surface area contributed by atoms with Gasteiger partial charge in [0.1, 0.15) is 5.75 Å². The van der Waals surface area contributed by atoms with Gasteiger partial charge < -0.3 is 10.5 Å². The molecule has 0 fully saturated rings. The largest absolute Gasteiger partial charge is 0.439 e. The van der Waals surface area contributed by atoms with Gasteiger partial charge in [-0.3, -0.25) is 0 Å². The van der Waals surface area contributed by atoms with Crippen LogP contribution in [0.15, 0.2) is 36.4 Å². The highest BCUT2D eigenvalue weighted by Gasteiger charge is 2.05. The average Bonchev–Trinajstić information content (AvgIpc) is 2.47. The van der Waals surface area contributed by atoms with E-state index in [1.807, 2.05) is 24.3 Å². The van der Waals surface area contributed by atoms with E-state index in [2.05, 4.69) is 37.9 Å². The molecule has 0 spiro atoms. The molecule has 0 atom stereocenters. The zero-order valence-electron chi connectivity index (χ0n) is 12.4. The molecule has 0 aliphatic heterocycles. The first-order valence-corrected chi connectivity index (χ1v) is 7.10. The molecule has 1 aromatic carbocycles. The molecule has 20 heavy (non-hydrogen) atoms. The number of hydrogen-bond acceptors (Lipinski definition) is 3. The number of nitrogens with two attached hydrogens (primary N) is 1. The van der Waals surface area contributed by atoms with Crippen molar-refractivity contribution in [3.05, 3.63) is 53.2 Å². The Hall–Kier alpha value is -1.87. The fourth-order valence-electron chi connectivity index (χ4n) is 2.01. The quantitative estimate of drug-likeness (QED) is 0.892. The lowest BCUT2D eigenvalue weighted by Gasteiger charge is -2.10. The van der Waals surface area contributed by atoms with Gasteiger partial charge in [0, 0.05) is 18.3 Å². The second-order valence-corrected chi connectivity index (χ2v) is 5.19. The van der Waals surface area contributed by atoms with Crippen LogP contribution in [0, 0.1) is 0 Å². The van der Waals surface area contributed by atoms with Crippen molar-refractivity contribution in [1.29, 1.82) is 0 Å². The number of pyridine rings is 1. The maximum Gasteiger partial charge on any atom is 0.219 e. The van der Waals surface area contributed by atoms with Crippen molar-refractivity contribution in [3.63, 3.8) is 0 Å². The zero-order valence-corrected chi connectivity index (χ0v) is 12.4. The molecule has 3 nitrogen and oxygen atoms in total. The van der Waals surface area contributed by atoms with Gasteiger partial charge in [-0.15, -0.1) is 0 Å². The number of aromatic nitrogens is 1. The summed E-state index contributed by atoms with van der Waals surface area (Å²) in [5.74, 6) is 1.94. The van der Waals surface area contributed by atoms with Crippen molar-refractivity contribution in [3.8, 4) is 11.6 Å². The lowest BCUT2D eigenvalue weighted by molar-refractivity contribution is 0.460. The standard InChI is InChI=1S/C17H22N2O/c1-4-15-9-13(11-18)10-17(19-15)20-16-7-5-14(6-8-16)12(2)3/h5-10,12H,4,11,18H2,1-3H3. The summed E-state index contributed by atoms with van der Waals surface area (Å²) in [4.78, 5) is 4.47. The van der Waals surface area contributed by atoms with Crippen LogP contribution in [-0.4, -0.2) is 4.98 Å². The van der Waals surface area contributed by atoms with Gasteiger partial charge in [-0.2, -0.15) is 0 Å². The fraction of sp³-hybridized carbons (Fsp3) is 0.353. The van der Waals surface area contributed by atoms with E-state index in [1.54, 1.807) is 0 Å². The third-order valence-corrected chi connectivity index (χ3v) is 3.28. The lowest BCUT2D eigenvalue weighted by atomic mass is 10.0. The highest BCUT2D eigenvalue weighted by molar-refractivity contribution is 5.33. The normalized spacial score (nSPS) is 10.8. The Balaban J connectivity index is 2.20. The lowest BCUT2D eigenvalue weighted by Crippen LogP contribution is -2.01. The molecular weight excluding hydrogens is 248 g/mol. The molecule has 2 aromatic rings. The molecule has 2 rings (SSSR count). The van der Waals surface area contributed by atoms with Crippen LogP contribution in [0.5, 0.6) is 11.6 Å². The molecule has 2 N–H and O–H groups in total. The summed E-state index contributed by atoms with van der Waals surface area (Å²) in [5, 5.41) is 0. The van der Waals surface area contributed by atoms with Gasteiger partial charge in [0.15, 0.2) is 0 Å². The second-order valence-electron chi connectivity index (χ2n) is 5.19. The summed E-state index contributed by atoms with van der Waals surface area (Å²) in [5.41, 5.74) is 9.06. The monoisotopic (exact) mass is 270 g/mol. The molecule has 1 heterocycles. The van der Waals surface area contributed by atoms with E-state index in [4.69, 9.17) is 10.5 Å². The predicted molar refractivity (Wildman–Crippen MR) is 82.1 cm³/mol. The van der Waals surface area contributed by atoms with Gasteiger partial charge in [-0.25, -0.2) is 4.98 Å². The van der Waals surface area contributed by atoms with Gasteiger partial charge >= 0.3 is 0 Å². The van der Waals surface area contributed by atoms with Crippen LogP contribution in [0.2, 0.25) is 0 Å². The molecule has 0 saturated carbocycles. The van der Waals surface area contributed by atoms with Crippen LogP contribution in [0.1, 0.15) is 43.5 Å². The van der Waals surface area contributed by atoms with Crippen LogP contribution in [0.25, 0.3) is 0 Å². The van der Waals surface area contributed by atoms with Gasteiger partial charge in [0.05, 0.1) is 0 Å². The molecule has 106 valence electrons. The Morgan fingerprint density at radius 2 is 1.85 bits per heavy atom. The SMILES string of the molecule is CCc1cc(CN)cc(Oc2ccc(C(C)C)cc2)n1. The smallest absolute Gasteiger partial charge is 0.219 e. The average molecular weight is 270 g/mol. The number of nitrogens with zero attached hydrogens (tertiary/aromatic N) is 1. The highest BCUT2D eigenvalue weighted by Crippen LogP contribution is 2.24. The van der Waals surface area contributed by atoms with E-state index >= 15 is 0 Å². The number of rotatable bonds is 5. The van der Waals surface area contributed by atoms with Crippen LogP contribution < -0.4 is 10.5 Å². The summed E-state index contributed by atoms with van der Waals surface area (Å²) in [6.07, 6.45) is 0.872. The van der Waals surface area contributed by atoms with Crippen LogP contribution in [-0.2, 0) is 13.0 Å². The molecular formula is C17H22N2O.